The van der Waals surface area contributed by atoms with Gasteiger partial charge in [-0.3, -0.25) is 0 Å². The van der Waals surface area contributed by atoms with Gasteiger partial charge in [-0.2, -0.15) is 5.10 Å². The van der Waals surface area contributed by atoms with Gasteiger partial charge in [0.1, 0.15) is 0 Å². The Morgan fingerprint density at radius 1 is 1.18 bits per heavy atom. The molecule has 0 unspecified atom stereocenters. The Labute approximate surface area is 107 Å². The van der Waals surface area contributed by atoms with Crippen molar-refractivity contribution in [1.29, 1.82) is 0 Å². The standard InChI is InChI=1S/C14H17ClN2/c1-9-5-6-14(10(2)7-9)17-12(4)13(8-15)11(3)16-17/h5-7H,8H2,1-4H3. The fourth-order valence-electron chi connectivity index (χ4n) is 2.15. The molecule has 0 spiro atoms. The van der Waals surface area contributed by atoms with E-state index in [-0.39, 0.29) is 0 Å². The predicted molar refractivity (Wildman–Crippen MR) is 72.1 cm³/mol. The van der Waals surface area contributed by atoms with Crippen molar-refractivity contribution < 1.29 is 0 Å². The average molecular weight is 249 g/mol. The number of aryl methyl sites for hydroxylation is 3. The van der Waals surface area contributed by atoms with Gasteiger partial charge in [0, 0.05) is 11.3 Å². The first kappa shape index (κ1) is 12.2. The molecule has 1 aromatic carbocycles. The van der Waals surface area contributed by atoms with Crippen LogP contribution in [0, 0.1) is 27.7 Å². The van der Waals surface area contributed by atoms with Crippen molar-refractivity contribution in [3.63, 3.8) is 0 Å². The third kappa shape index (κ3) is 2.09. The molecule has 1 aromatic heterocycles. The number of hydrogen-bond donors (Lipinski definition) is 0. The van der Waals surface area contributed by atoms with Crippen LogP contribution in [0.5, 0.6) is 0 Å². The van der Waals surface area contributed by atoms with Crippen molar-refractivity contribution in [3.05, 3.63) is 46.3 Å². The lowest BCUT2D eigenvalue weighted by Crippen LogP contribution is -2.02. The zero-order valence-corrected chi connectivity index (χ0v) is 11.5. The van der Waals surface area contributed by atoms with Crippen LogP contribution in [0.3, 0.4) is 0 Å². The maximum absolute atomic E-state index is 5.95. The van der Waals surface area contributed by atoms with Gasteiger partial charge in [-0.15, -0.1) is 11.6 Å². The minimum Gasteiger partial charge on any atom is -0.237 e. The molecule has 0 aliphatic rings. The van der Waals surface area contributed by atoms with Crippen molar-refractivity contribution in [2.45, 2.75) is 33.6 Å². The zero-order chi connectivity index (χ0) is 12.6. The second-order valence-corrected chi connectivity index (χ2v) is 4.75. The number of benzene rings is 1. The Hall–Kier alpha value is -1.28. The van der Waals surface area contributed by atoms with Gasteiger partial charge in [0.05, 0.1) is 17.3 Å². The van der Waals surface area contributed by atoms with Crippen molar-refractivity contribution in [2.24, 2.45) is 0 Å². The number of alkyl halides is 1. The molecule has 0 aliphatic carbocycles. The molecule has 0 N–H and O–H groups in total. The number of nitrogens with zero attached hydrogens (tertiary/aromatic N) is 2. The van der Waals surface area contributed by atoms with Gasteiger partial charge in [0.15, 0.2) is 0 Å². The third-order valence-electron chi connectivity index (χ3n) is 3.16. The monoisotopic (exact) mass is 248 g/mol. The van der Waals surface area contributed by atoms with E-state index in [0.29, 0.717) is 5.88 Å². The van der Waals surface area contributed by atoms with E-state index in [1.807, 2.05) is 11.6 Å². The van der Waals surface area contributed by atoms with Crippen LogP contribution in [-0.4, -0.2) is 9.78 Å². The van der Waals surface area contributed by atoms with E-state index < -0.39 is 0 Å². The molecule has 0 aliphatic heterocycles. The molecular formula is C14H17ClN2. The third-order valence-corrected chi connectivity index (χ3v) is 3.42. The molecule has 0 radical (unpaired) electrons. The molecule has 1 heterocycles. The molecule has 0 fully saturated rings. The van der Waals surface area contributed by atoms with E-state index >= 15 is 0 Å². The summed E-state index contributed by atoms with van der Waals surface area (Å²) in [5, 5.41) is 4.57. The SMILES string of the molecule is Cc1ccc(-n2nc(C)c(CCl)c2C)c(C)c1. The fourth-order valence-corrected chi connectivity index (χ4v) is 2.53. The van der Waals surface area contributed by atoms with Crippen LogP contribution >= 0.6 is 11.6 Å². The summed E-state index contributed by atoms with van der Waals surface area (Å²) in [6.45, 7) is 8.28. The summed E-state index contributed by atoms with van der Waals surface area (Å²) in [7, 11) is 0. The summed E-state index contributed by atoms with van der Waals surface area (Å²) in [6, 6.07) is 6.40. The molecule has 0 atom stereocenters. The van der Waals surface area contributed by atoms with Crippen molar-refractivity contribution in [2.75, 3.05) is 0 Å². The highest BCUT2D eigenvalue weighted by atomic mass is 35.5. The van der Waals surface area contributed by atoms with Gasteiger partial charge in [0.2, 0.25) is 0 Å². The molecule has 2 nitrogen and oxygen atoms in total. The Bertz CT molecular complexity index is 556. The Morgan fingerprint density at radius 2 is 1.88 bits per heavy atom. The lowest BCUT2D eigenvalue weighted by atomic mass is 10.1. The van der Waals surface area contributed by atoms with Crippen LogP contribution < -0.4 is 0 Å². The maximum Gasteiger partial charge on any atom is 0.0678 e. The number of hydrogen-bond acceptors (Lipinski definition) is 1. The quantitative estimate of drug-likeness (QED) is 0.739. The summed E-state index contributed by atoms with van der Waals surface area (Å²) >= 11 is 5.95. The molecule has 0 saturated carbocycles. The minimum atomic E-state index is 0.516. The Balaban J connectivity index is 2.61. The van der Waals surface area contributed by atoms with Crippen LogP contribution in [-0.2, 0) is 5.88 Å². The molecular weight excluding hydrogens is 232 g/mol. The first-order chi connectivity index (χ1) is 8.04. The number of halogens is 1. The Kier molecular flexibility index (Phi) is 3.25. The second kappa shape index (κ2) is 4.53. The van der Waals surface area contributed by atoms with Gasteiger partial charge in [-0.25, -0.2) is 4.68 Å². The molecule has 2 rings (SSSR count). The minimum absolute atomic E-state index is 0.516. The van der Waals surface area contributed by atoms with E-state index in [4.69, 9.17) is 11.6 Å². The van der Waals surface area contributed by atoms with Crippen LogP contribution in [0.15, 0.2) is 18.2 Å². The lowest BCUT2D eigenvalue weighted by molar-refractivity contribution is 0.826. The molecule has 0 saturated heterocycles. The second-order valence-electron chi connectivity index (χ2n) is 4.48. The normalized spacial score (nSPS) is 10.9. The largest absolute Gasteiger partial charge is 0.237 e. The molecule has 3 heteroatoms. The molecule has 17 heavy (non-hydrogen) atoms. The molecule has 2 aromatic rings. The van der Waals surface area contributed by atoms with Gasteiger partial charge in [-0.1, -0.05) is 17.7 Å². The topological polar surface area (TPSA) is 17.8 Å². The van der Waals surface area contributed by atoms with E-state index in [2.05, 4.69) is 44.1 Å². The van der Waals surface area contributed by atoms with Gasteiger partial charge in [0.25, 0.3) is 0 Å². The van der Waals surface area contributed by atoms with E-state index in [9.17, 15) is 0 Å². The number of aromatic nitrogens is 2. The van der Waals surface area contributed by atoms with Gasteiger partial charge in [-0.05, 0) is 39.3 Å². The summed E-state index contributed by atoms with van der Waals surface area (Å²) < 4.78 is 1.99. The lowest BCUT2D eigenvalue weighted by Gasteiger charge is -2.09. The maximum atomic E-state index is 5.95. The molecule has 0 amide bonds. The van der Waals surface area contributed by atoms with E-state index in [1.165, 1.54) is 11.1 Å². The van der Waals surface area contributed by atoms with Gasteiger partial charge >= 0.3 is 0 Å². The van der Waals surface area contributed by atoms with Crippen molar-refractivity contribution in [3.8, 4) is 5.69 Å². The highest BCUT2D eigenvalue weighted by molar-refractivity contribution is 6.17. The van der Waals surface area contributed by atoms with Crippen molar-refractivity contribution in [1.82, 2.24) is 9.78 Å². The number of rotatable bonds is 2. The average Bonchev–Trinajstić information content (AvgIpc) is 2.54. The zero-order valence-electron chi connectivity index (χ0n) is 10.7. The smallest absolute Gasteiger partial charge is 0.0678 e. The summed E-state index contributed by atoms with van der Waals surface area (Å²) in [6.07, 6.45) is 0. The van der Waals surface area contributed by atoms with E-state index in [1.54, 1.807) is 0 Å². The highest BCUT2D eigenvalue weighted by Crippen LogP contribution is 2.22. The van der Waals surface area contributed by atoms with E-state index in [0.717, 1.165) is 22.6 Å². The Morgan fingerprint density at radius 3 is 2.41 bits per heavy atom. The summed E-state index contributed by atoms with van der Waals surface area (Å²) in [5.41, 5.74) is 6.91. The fraction of sp³-hybridized carbons (Fsp3) is 0.357. The van der Waals surface area contributed by atoms with Gasteiger partial charge < -0.3 is 0 Å². The molecule has 0 bridgehead atoms. The summed E-state index contributed by atoms with van der Waals surface area (Å²) in [5.74, 6) is 0.516. The highest BCUT2D eigenvalue weighted by Gasteiger charge is 2.12. The van der Waals surface area contributed by atoms with Crippen molar-refractivity contribution >= 4 is 11.6 Å². The first-order valence-electron chi connectivity index (χ1n) is 5.73. The first-order valence-corrected chi connectivity index (χ1v) is 6.26. The summed E-state index contributed by atoms with van der Waals surface area (Å²) in [4.78, 5) is 0. The van der Waals surface area contributed by atoms with Crippen LogP contribution in [0.4, 0.5) is 0 Å². The van der Waals surface area contributed by atoms with Crippen LogP contribution in [0.25, 0.3) is 5.69 Å². The predicted octanol–water partition coefficient (Wildman–Crippen LogP) is 3.84. The van der Waals surface area contributed by atoms with Crippen LogP contribution in [0.1, 0.15) is 28.1 Å². The van der Waals surface area contributed by atoms with Crippen LogP contribution in [0.2, 0.25) is 0 Å². The molecule has 90 valence electrons.